The third-order valence-electron chi connectivity index (χ3n) is 4.99. The van der Waals surface area contributed by atoms with Crippen molar-refractivity contribution in [2.75, 3.05) is 31.6 Å². The molecule has 1 aromatic heterocycles. The first-order chi connectivity index (χ1) is 11.3. The van der Waals surface area contributed by atoms with Crippen LogP contribution in [-0.2, 0) is 6.54 Å². The van der Waals surface area contributed by atoms with Crippen molar-refractivity contribution in [2.45, 2.75) is 19.0 Å². The monoisotopic (exact) mass is 310 g/mol. The van der Waals surface area contributed by atoms with E-state index in [9.17, 15) is 0 Å². The van der Waals surface area contributed by atoms with Gasteiger partial charge in [-0.2, -0.15) is 0 Å². The lowest BCUT2D eigenvalue weighted by Crippen LogP contribution is -2.63. The van der Waals surface area contributed by atoms with Crippen LogP contribution in [0.5, 0.6) is 5.75 Å². The Labute approximate surface area is 136 Å². The molecule has 3 heterocycles. The molecule has 2 atom stereocenters. The van der Waals surface area contributed by atoms with Crippen molar-refractivity contribution in [1.82, 2.24) is 14.9 Å². The predicted molar refractivity (Wildman–Crippen MR) is 89.5 cm³/mol. The Hall–Kier alpha value is -2.14. The van der Waals surface area contributed by atoms with E-state index in [1.807, 2.05) is 24.5 Å². The maximum absolute atomic E-state index is 5.32. The Kier molecular flexibility index (Phi) is 3.87. The number of methoxy groups -OCH3 is 1. The first-order valence-corrected chi connectivity index (χ1v) is 8.22. The van der Waals surface area contributed by atoms with Crippen molar-refractivity contribution >= 4 is 5.95 Å². The summed E-state index contributed by atoms with van der Waals surface area (Å²) in [5.41, 5.74) is 1.33. The molecule has 2 aliphatic rings. The van der Waals surface area contributed by atoms with Crippen LogP contribution in [0.15, 0.2) is 42.7 Å². The molecular weight excluding hydrogens is 288 g/mol. The van der Waals surface area contributed by atoms with E-state index in [1.54, 1.807) is 7.11 Å². The normalized spacial score (nSPS) is 24.0. The molecule has 0 radical (unpaired) electrons. The van der Waals surface area contributed by atoms with Crippen molar-refractivity contribution in [2.24, 2.45) is 5.92 Å². The number of piperidine rings is 1. The average Bonchev–Trinajstić information content (AvgIpc) is 2.60. The van der Waals surface area contributed by atoms with Gasteiger partial charge in [0.2, 0.25) is 5.95 Å². The molecule has 23 heavy (non-hydrogen) atoms. The molecule has 0 saturated carbocycles. The summed E-state index contributed by atoms with van der Waals surface area (Å²) < 4.78 is 5.32. The van der Waals surface area contributed by atoms with Gasteiger partial charge in [-0.25, -0.2) is 9.97 Å². The number of hydrogen-bond acceptors (Lipinski definition) is 5. The van der Waals surface area contributed by atoms with Crippen molar-refractivity contribution in [3.63, 3.8) is 0 Å². The lowest BCUT2D eigenvalue weighted by Gasteiger charge is -2.53. The molecule has 120 valence electrons. The van der Waals surface area contributed by atoms with Gasteiger partial charge in [0, 0.05) is 50.5 Å². The van der Waals surface area contributed by atoms with Gasteiger partial charge >= 0.3 is 0 Å². The highest BCUT2D eigenvalue weighted by Crippen LogP contribution is 2.34. The van der Waals surface area contributed by atoms with Crippen LogP contribution in [0.4, 0.5) is 5.95 Å². The van der Waals surface area contributed by atoms with Crippen molar-refractivity contribution < 1.29 is 4.74 Å². The molecule has 0 bridgehead atoms. The van der Waals surface area contributed by atoms with Gasteiger partial charge in [0.25, 0.3) is 0 Å². The molecule has 2 saturated heterocycles. The van der Waals surface area contributed by atoms with Crippen molar-refractivity contribution in [3.05, 3.63) is 48.3 Å². The van der Waals surface area contributed by atoms with Gasteiger partial charge in [0.15, 0.2) is 0 Å². The first kappa shape index (κ1) is 14.5. The summed E-state index contributed by atoms with van der Waals surface area (Å²) in [6.07, 6.45) is 4.83. The molecule has 2 aliphatic heterocycles. The standard InChI is InChI=1S/C18H22N4O/c1-23-16-5-2-4-14(10-16)11-22-13-15-12-21(9-6-17(15)22)18-19-7-3-8-20-18/h2-5,7-8,10,15,17H,6,9,11-13H2,1H3. The van der Waals surface area contributed by atoms with Crippen LogP contribution in [0.3, 0.4) is 0 Å². The van der Waals surface area contributed by atoms with E-state index in [1.165, 1.54) is 12.0 Å². The molecule has 5 nitrogen and oxygen atoms in total. The summed E-state index contributed by atoms with van der Waals surface area (Å²) in [6.45, 7) is 4.29. The third kappa shape index (κ3) is 2.88. The van der Waals surface area contributed by atoms with E-state index in [0.717, 1.165) is 43.8 Å². The van der Waals surface area contributed by atoms with Gasteiger partial charge in [-0.05, 0) is 30.2 Å². The number of benzene rings is 1. The summed E-state index contributed by atoms with van der Waals surface area (Å²) in [5.74, 6) is 2.55. The fourth-order valence-corrected chi connectivity index (χ4v) is 3.80. The van der Waals surface area contributed by atoms with Gasteiger partial charge in [0.05, 0.1) is 7.11 Å². The number of nitrogens with zero attached hydrogens (tertiary/aromatic N) is 4. The number of fused-ring (bicyclic) bond motifs is 1. The number of aromatic nitrogens is 2. The number of hydrogen-bond donors (Lipinski definition) is 0. The van der Waals surface area contributed by atoms with Crippen molar-refractivity contribution in [3.8, 4) is 5.75 Å². The number of rotatable bonds is 4. The second-order valence-corrected chi connectivity index (χ2v) is 6.39. The second-order valence-electron chi connectivity index (χ2n) is 6.39. The summed E-state index contributed by atoms with van der Waals surface area (Å²) in [4.78, 5) is 13.7. The topological polar surface area (TPSA) is 41.5 Å². The maximum Gasteiger partial charge on any atom is 0.225 e. The molecule has 0 N–H and O–H groups in total. The van der Waals surface area contributed by atoms with Crippen LogP contribution >= 0.6 is 0 Å². The molecule has 0 amide bonds. The Bertz CT molecular complexity index is 663. The summed E-state index contributed by atoms with van der Waals surface area (Å²) >= 11 is 0. The summed E-state index contributed by atoms with van der Waals surface area (Å²) in [7, 11) is 1.72. The molecule has 4 rings (SSSR count). The van der Waals surface area contributed by atoms with E-state index >= 15 is 0 Å². The van der Waals surface area contributed by atoms with E-state index in [4.69, 9.17) is 4.74 Å². The van der Waals surface area contributed by atoms with Gasteiger partial charge < -0.3 is 9.64 Å². The van der Waals surface area contributed by atoms with E-state index in [2.05, 4.69) is 38.0 Å². The number of likely N-dealkylation sites (tertiary alicyclic amines) is 1. The molecule has 2 fully saturated rings. The number of anilines is 1. The lowest BCUT2D eigenvalue weighted by molar-refractivity contribution is -0.00519. The number of ether oxygens (including phenoxy) is 1. The second kappa shape index (κ2) is 6.16. The van der Waals surface area contributed by atoms with Gasteiger partial charge in [-0.3, -0.25) is 4.90 Å². The first-order valence-electron chi connectivity index (χ1n) is 8.22. The molecule has 1 aromatic carbocycles. The molecule has 5 heteroatoms. The zero-order valence-electron chi connectivity index (χ0n) is 13.4. The lowest BCUT2D eigenvalue weighted by atomic mass is 9.82. The van der Waals surface area contributed by atoms with Crippen molar-refractivity contribution in [1.29, 1.82) is 0 Å². The summed E-state index contributed by atoms with van der Waals surface area (Å²) in [5, 5.41) is 0. The Morgan fingerprint density at radius 3 is 2.83 bits per heavy atom. The molecular formula is C18H22N4O. The molecule has 2 unspecified atom stereocenters. The van der Waals surface area contributed by atoms with E-state index < -0.39 is 0 Å². The smallest absolute Gasteiger partial charge is 0.225 e. The fraction of sp³-hybridized carbons (Fsp3) is 0.444. The SMILES string of the molecule is COc1cccc(CN2CC3CN(c4ncccn4)CCC32)c1. The van der Waals surface area contributed by atoms with Crippen LogP contribution in [0.25, 0.3) is 0 Å². The highest BCUT2D eigenvalue weighted by Gasteiger charge is 2.42. The van der Waals surface area contributed by atoms with Gasteiger partial charge in [0.1, 0.15) is 5.75 Å². The zero-order chi connectivity index (χ0) is 15.6. The van der Waals surface area contributed by atoms with Gasteiger partial charge in [-0.1, -0.05) is 12.1 Å². The van der Waals surface area contributed by atoms with Gasteiger partial charge in [-0.15, -0.1) is 0 Å². The van der Waals surface area contributed by atoms with Crippen LogP contribution in [0, 0.1) is 5.92 Å². The van der Waals surface area contributed by atoms with E-state index in [-0.39, 0.29) is 0 Å². The molecule has 2 aromatic rings. The van der Waals surface area contributed by atoms with Crippen LogP contribution in [-0.4, -0.2) is 47.7 Å². The maximum atomic E-state index is 5.32. The minimum absolute atomic E-state index is 0.696. The van der Waals surface area contributed by atoms with Crippen LogP contribution in [0.1, 0.15) is 12.0 Å². The highest BCUT2D eigenvalue weighted by atomic mass is 16.5. The predicted octanol–water partition coefficient (Wildman–Crippen LogP) is 2.20. The summed E-state index contributed by atoms with van der Waals surface area (Å²) in [6, 6.07) is 11.0. The Morgan fingerprint density at radius 2 is 2.04 bits per heavy atom. The minimum Gasteiger partial charge on any atom is -0.497 e. The molecule has 0 spiro atoms. The molecule has 0 aliphatic carbocycles. The third-order valence-corrected chi connectivity index (χ3v) is 4.99. The Balaban J connectivity index is 1.36. The largest absolute Gasteiger partial charge is 0.497 e. The minimum atomic E-state index is 0.696. The van der Waals surface area contributed by atoms with E-state index in [0.29, 0.717) is 6.04 Å². The van der Waals surface area contributed by atoms with Crippen LogP contribution in [0.2, 0.25) is 0 Å². The average molecular weight is 310 g/mol. The Morgan fingerprint density at radius 1 is 1.17 bits per heavy atom. The quantitative estimate of drug-likeness (QED) is 0.866. The van der Waals surface area contributed by atoms with Crippen LogP contribution < -0.4 is 9.64 Å². The fourth-order valence-electron chi connectivity index (χ4n) is 3.80. The highest BCUT2D eigenvalue weighted by molar-refractivity contribution is 5.32. The zero-order valence-corrected chi connectivity index (χ0v) is 13.4.